The van der Waals surface area contributed by atoms with E-state index in [2.05, 4.69) is 11.0 Å². The Kier molecular flexibility index (Phi) is 4.00. The smallest absolute Gasteiger partial charge is 0.337 e. The lowest BCUT2D eigenvalue weighted by Crippen LogP contribution is -2.29. The predicted octanol–water partition coefficient (Wildman–Crippen LogP) is 3.01. The van der Waals surface area contributed by atoms with Crippen LogP contribution in [0.1, 0.15) is 27.9 Å². The van der Waals surface area contributed by atoms with Crippen LogP contribution in [0.2, 0.25) is 0 Å². The van der Waals surface area contributed by atoms with Gasteiger partial charge in [0.15, 0.2) is 0 Å². The maximum absolute atomic E-state index is 11.6. The first kappa shape index (κ1) is 14.4. The average molecular weight is 296 g/mol. The number of carbonyl (C=O) groups is 1. The van der Waals surface area contributed by atoms with E-state index in [1.807, 2.05) is 30.3 Å². The van der Waals surface area contributed by atoms with E-state index in [0.29, 0.717) is 5.56 Å². The number of carbonyl (C=O) groups excluding carboxylic acids is 1. The summed E-state index contributed by atoms with van der Waals surface area (Å²) in [6.45, 7) is 1.76. The van der Waals surface area contributed by atoms with Gasteiger partial charge in [0.25, 0.3) is 0 Å². The summed E-state index contributed by atoms with van der Waals surface area (Å²) >= 11 is 0. The molecule has 0 spiro atoms. The minimum atomic E-state index is -0.301. The molecule has 1 heterocycles. The second-order valence-corrected chi connectivity index (χ2v) is 5.56. The summed E-state index contributed by atoms with van der Waals surface area (Å²) in [5.41, 5.74) is 11.1. The van der Waals surface area contributed by atoms with E-state index in [0.717, 1.165) is 37.2 Å². The molecule has 0 unspecified atom stereocenters. The lowest BCUT2D eigenvalue weighted by Gasteiger charge is -2.32. The third-order valence-corrected chi connectivity index (χ3v) is 4.10. The summed E-state index contributed by atoms with van der Waals surface area (Å²) in [6.07, 6.45) is 2.12. The van der Waals surface area contributed by atoms with Crippen LogP contribution in [-0.2, 0) is 17.7 Å². The Labute approximate surface area is 130 Å². The monoisotopic (exact) mass is 296 g/mol. The third-order valence-electron chi connectivity index (χ3n) is 4.10. The van der Waals surface area contributed by atoms with E-state index in [1.165, 1.54) is 18.4 Å². The number of nitrogen functional groups attached to an aromatic ring is 1. The highest BCUT2D eigenvalue weighted by molar-refractivity contribution is 5.89. The maximum atomic E-state index is 11.6. The van der Waals surface area contributed by atoms with Gasteiger partial charge >= 0.3 is 5.97 Å². The Morgan fingerprint density at radius 1 is 1.27 bits per heavy atom. The summed E-state index contributed by atoms with van der Waals surface area (Å²) in [5, 5.41) is 0. The van der Waals surface area contributed by atoms with Gasteiger partial charge in [0.1, 0.15) is 0 Å². The molecule has 2 aromatic rings. The van der Waals surface area contributed by atoms with Crippen molar-refractivity contribution in [1.29, 1.82) is 0 Å². The molecule has 4 heteroatoms. The van der Waals surface area contributed by atoms with E-state index >= 15 is 0 Å². The van der Waals surface area contributed by atoms with Gasteiger partial charge in [-0.2, -0.15) is 0 Å². The molecule has 0 saturated carbocycles. The highest BCUT2D eigenvalue weighted by Gasteiger charge is 2.19. The highest BCUT2D eigenvalue weighted by atomic mass is 16.5. The highest BCUT2D eigenvalue weighted by Crippen LogP contribution is 2.32. The number of methoxy groups -OCH3 is 1. The van der Waals surface area contributed by atoms with Gasteiger partial charge in [0, 0.05) is 24.5 Å². The van der Waals surface area contributed by atoms with Gasteiger partial charge in [-0.1, -0.05) is 18.2 Å². The molecule has 0 aliphatic carbocycles. The first-order valence-electron chi connectivity index (χ1n) is 7.48. The third kappa shape index (κ3) is 2.77. The summed E-state index contributed by atoms with van der Waals surface area (Å²) < 4.78 is 4.78. The molecule has 0 radical (unpaired) electrons. The molecule has 2 N–H and O–H groups in total. The Morgan fingerprint density at radius 3 is 2.91 bits per heavy atom. The fraction of sp³-hybridized carbons (Fsp3) is 0.278. The zero-order valence-corrected chi connectivity index (χ0v) is 12.7. The molecule has 0 bridgehead atoms. The maximum Gasteiger partial charge on any atom is 0.337 e. The zero-order chi connectivity index (χ0) is 15.5. The van der Waals surface area contributed by atoms with Gasteiger partial charge < -0.3 is 15.4 Å². The number of fused-ring (bicyclic) bond motifs is 1. The zero-order valence-electron chi connectivity index (χ0n) is 12.7. The Hall–Kier alpha value is -2.49. The first-order chi connectivity index (χ1) is 10.7. The molecule has 0 saturated heterocycles. The molecule has 2 aromatic carbocycles. The average Bonchev–Trinajstić information content (AvgIpc) is 2.55. The molecule has 1 aliphatic heterocycles. The van der Waals surface area contributed by atoms with Crippen molar-refractivity contribution < 1.29 is 9.53 Å². The standard InChI is InChI=1S/C18H20N2O2/c1-22-18(21)14-6-2-5-13(11-14)12-20-10-4-7-15-16(19)8-3-9-17(15)20/h2-3,5-6,8-9,11H,4,7,10,12,19H2,1H3. The summed E-state index contributed by atoms with van der Waals surface area (Å²) in [7, 11) is 1.40. The topological polar surface area (TPSA) is 55.6 Å². The van der Waals surface area contributed by atoms with Gasteiger partial charge in [-0.15, -0.1) is 0 Å². The number of nitrogens with two attached hydrogens (primary N) is 1. The van der Waals surface area contributed by atoms with E-state index in [4.69, 9.17) is 10.5 Å². The molecule has 0 amide bonds. The van der Waals surface area contributed by atoms with Crippen molar-refractivity contribution in [3.8, 4) is 0 Å². The molecule has 114 valence electrons. The van der Waals surface area contributed by atoms with Gasteiger partial charge in [-0.05, 0) is 48.2 Å². The van der Waals surface area contributed by atoms with E-state index in [-0.39, 0.29) is 5.97 Å². The van der Waals surface area contributed by atoms with Crippen molar-refractivity contribution >= 4 is 17.3 Å². The van der Waals surface area contributed by atoms with Gasteiger partial charge in [0.2, 0.25) is 0 Å². The van der Waals surface area contributed by atoms with Crippen molar-refractivity contribution in [3.63, 3.8) is 0 Å². The van der Waals surface area contributed by atoms with Crippen LogP contribution in [-0.4, -0.2) is 19.6 Å². The number of hydrogen-bond acceptors (Lipinski definition) is 4. The van der Waals surface area contributed by atoms with Crippen LogP contribution in [0.15, 0.2) is 42.5 Å². The Bertz CT molecular complexity index is 697. The van der Waals surface area contributed by atoms with Crippen LogP contribution in [0.4, 0.5) is 11.4 Å². The Balaban J connectivity index is 1.86. The van der Waals surface area contributed by atoms with Gasteiger partial charge in [0.05, 0.1) is 12.7 Å². The van der Waals surface area contributed by atoms with Crippen LogP contribution in [0.25, 0.3) is 0 Å². The lowest BCUT2D eigenvalue weighted by molar-refractivity contribution is 0.0600. The van der Waals surface area contributed by atoms with Crippen LogP contribution in [0.5, 0.6) is 0 Å². The fourth-order valence-corrected chi connectivity index (χ4v) is 3.03. The van der Waals surface area contributed by atoms with E-state index in [1.54, 1.807) is 6.07 Å². The summed E-state index contributed by atoms with van der Waals surface area (Å²) in [4.78, 5) is 14.0. The number of rotatable bonds is 3. The quantitative estimate of drug-likeness (QED) is 0.699. The van der Waals surface area contributed by atoms with Gasteiger partial charge in [-0.3, -0.25) is 0 Å². The van der Waals surface area contributed by atoms with E-state index in [9.17, 15) is 4.79 Å². The van der Waals surface area contributed by atoms with Crippen LogP contribution < -0.4 is 10.6 Å². The fourth-order valence-electron chi connectivity index (χ4n) is 3.03. The Morgan fingerprint density at radius 2 is 2.09 bits per heavy atom. The number of ether oxygens (including phenoxy) is 1. The van der Waals surface area contributed by atoms with Crippen LogP contribution >= 0.6 is 0 Å². The number of nitrogens with zero attached hydrogens (tertiary/aromatic N) is 1. The van der Waals surface area contributed by atoms with Crippen molar-refractivity contribution in [2.75, 3.05) is 24.3 Å². The molecule has 1 aliphatic rings. The molecular formula is C18H20N2O2. The number of hydrogen-bond donors (Lipinski definition) is 1. The van der Waals surface area contributed by atoms with Crippen LogP contribution in [0, 0.1) is 0 Å². The molecule has 4 nitrogen and oxygen atoms in total. The SMILES string of the molecule is COC(=O)c1cccc(CN2CCCc3c(N)cccc32)c1. The van der Waals surface area contributed by atoms with Crippen molar-refractivity contribution in [2.24, 2.45) is 0 Å². The first-order valence-corrected chi connectivity index (χ1v) is 7.48. The van der Waals surface area contributed by atoms with Crippen molar-refractivity contribution in [1.82, 2.24) is 0 Å². The lowest BCUT2D eigenvalue weighted by atomic mass is 9.99. The van der Waals surface area contributed by atoms with Gasteiger partial charge in [-0.25, -0.2) is 4.79 Å². The predicted molar refractivity (Wildman–Crippen MR) is 88.0 cm³/mol. The molecule has 0 fully saturated rings. The number of benzene rings is 2. The number of esters is 1. The number of anilines is 2. The molecule has 0 aromatic heterocycles. The molecule has 0 atom stereocenters. The largest absolute Gasteiger partial charge is 0.465 e. The molecular weight excluding hydrogens is 276 g/mol. The summed E-state index contributed by atoms with van der Waals surface area (Å²) in [6, 6.07) is 13.7. The second kappa shape index (κ2) is 6.10. The van der Waals surface area contributed by atoms with E-state index < -0.39 is 0 Å². The van der Waals surface area contributed by atoms with Crippen molar-refractivity contribution in [2.45, 2.75) is 19.4 Å². The second-order valence-electron chi connectivity index (χ2n) is 5.56. The minimum Gasteiger partial charge on any atom is -0.465 e. The normalized spacial score (nSPS) is 13.6. The summed E-state index contributed by atoms with van der Waals surface area (Å²) in [5.74, 6) is -0.301. The van der Waals surface area contributed by atoms with Crippen molar-refractivity contribution in [3.05, 3.63) is 59.2 Å². The molecule has 3 rings (SSSR count). The van der Waals surface area contributed by atoms with Crippen LogP contribution in [0.3, 0.4) is 0 Å². The minimum absolute atomic E-state index is 0.301. The molecule has 22 heavy (non-hydrogen) atoms.